The van der Waals surface area contributed by atoms with E-state index in [-0.39, 0.29) is 23.9 Å². The molecule has 0 heterocycles. The Kier molecular flexibility index (Phi) is 43.9. The Morgan fingerprint density at radius 3 is 0.324 bits per heavy atom. The smallest absolute Gasteiger partial charge is 4.00 e. The summed E-state index contributed by atoms with van der Waals surface area (Å²) < 4.78 is 0. The fourth-order valence-corrected chi connectivity index (χ4v) is 0. The molecule has 0 rings (SSSR count). The van der Waals surface area contributed by atoms with Gasteiger partial charge < -0.3 is 30.6 Å². The zero-order chi connectivity index (χ0) is 29.7. The Balaban J connectivity index is -0.0000000387. The molecule has 0 aliphatic heterocycles. The van der Waals surface area contributed by atoms with E-state index in [1.54, 1.807) is 125 Å². The maximum Gasteiger partial charge on any atom is 4.00 e. The third-order valence-electron chi connectivity index (χ3n) is 0. The first-order chi connectivity index (χ1) is 13.4. The minimum Gasteiger partial charge on any atom is 4.00 e. The zero-order valence-corrected chi connectivity index (χ0v) is 32.4. The summed E-state index contributed by atoms with van der Waals surface area (Å²) in [7, 11) is 9.87. The predicted octanol–water partition coefficient (Wildman–Crippen LogP) is 1.49. The van der Waals surface area contributed by atoms with Gasteiger partial charge in [-0.15, -0.1) is 33.6 Å². The first-order valence-corrected chi connectivity index (χ1v) is 17.8. The molecule has 6 nitrogen and oxygen atoms in total. The van der Waals surface area contributed by atoms with Crippen molar-refractivity contribution in [3.63, 3.8) is 0 Å². The van der Waals surface area contributed by atoms with E-state index >= 15 is 0 Å². The van der Waals surface area contributed by atoms with Crippen molar-refractivity contribution in [3.8, 4) is 0 Å². The summed E-state index contributed by atoms with van der Waals surface area (Å²) in [6, 6.07) is 0. The van der Waals surface area contributed by atoms with Gasteiger partial charge in [-0.1, -0.05) is 125 Å². The molecule has 0 atom stereocenters. The standard InChI is InChI=1S/6C4H9O.2ClH.2Sn/c6*1-4(2,3)5;;;;/h6*1-3H3;2*1H;;/q6*-1;;;2*+4/p-2. The molecular weight excluding hydrogens is 693 g/mol. The van der Waals surface area contributed by atoms with Crippen LogP contribution in [0.4, 0.5) is 0 Å². The van der Waals surface area contributed by atoms with E-state index in [4.69, 9.17) is 17.8 Å². The summed E-state index contributed by atoms with van der Waals surface area (Å²) in [5, 5.41) is 60.6. The summed E-state index contributed by atoms with van der Waals surface area (Å²) in [6.07, 6.45) is 0. The van der Waals surface area contributed by atoms with E-state index in [1.807, 2.05) is 0 Å². The second kappa shape index (κ2) is 26.5. The van der Waals surface area contributed by atoms with Crippen LogP contribution >= 0.6 is 17.8 Å². The molecule has 10 heteroatoms. The van der Waals surface area contributed by atoms with Gasteiger partial charge in [-0.2, -0.15) is 0 Å². The van der Waals surface area contributed by atoms with Gasteiger partial charge in [-0.25, -0.2) is 0 Å². The van der Waals surface area contributed by atoms with Gasteiger partial charge in [-0.05, 0) is 0 Å². The van der Waals surface area contributed by atoms with Crippen molar-refractivity contribution in [2.24, 2.45) is 0 Å². The average Bonchev–Trinajstić information content (AvgIpc) is 2.11. The monoisotopic (exact) mass is 748 g/mol. The molecule has 0 saturated heterocycles. The first kappa shape index (κ1) is 56.2. The predicted molar refractivity (Wildman–Crippen MR) is 142 cm³/mol. The number of hydrogen-bond donors (Lipinski definition) is 0. The van der Waals surface area contributed by atoms with Crippen LogP contribution in [0.5, 0.6) is 0 Å². The van der Waals surface area contributed by atoms with E-state index in [0.29, 0.717) is 0 Å². The van der Waals surface area contributed by atoms with Crippen LogP contribution in [0.25, 0.3) is 0 Å². The fraction of sp³-hybridized carbons (Fsp3) is 1.00. The van der Waals surface area contributed by atoms with Crippen LogP contribution in [-0.2, 0) is 0 Å². The van der Waals surface area contributed by atoms with E-state index in [0.717, 1.165) is 0 Å². The molecule has 34 heavy (non-hydrogen) atoms. The van der Waals surface area contributed by atoms with Crippen LogP contribution in [-0.4, -0.2) is 76.4 Å². The Labute approximate surface area is 247 Å². The third kappa shape index (κ3) is 9810. The quantitative estimate of drug-likeness (QED) is 0.345. The first-order valence-electron chi connectivity index (χ1n) is 10.6. The summed E-state index contributed by atoms with van der Waals surface area (Å²) in [5.41, 5.74) is -4.50. The Morgan fingerprint density at radius 2 is 0.324 bits per heavy atom. The minimum atomic E-state index is -0.826. The van der Waals surface area contributed by atoms with Gasteiger partial charge in [0.05, 0.1) is 0 Å². The summed E-state index contributed by atoms with van der Waals surface area (Å²) in [4.78, 5) is 0. The molecule has 0 aliphatic rings. The van der Waals surface area contributed by atoms with E-state index < -0.39 is 52.5 Å². The molecule has 0 aliphatic carbocycles. The molecule has 0 bridgehead atoms. The Bertz CT molecular complexity index is 243. The molecule has 0 fully saturated rings. The van der Waals surface area contributed by atoms with Gasteiger partial charge in [0.2, 0.25) is 0 Å². The minimum absolute atomic E-state index is 0. The largest absolute Gasteiger partial charge is 4.00 e. The van der Waals surface area contributed by atoms with Crippen LogP contribution in [0.15, 0.2) is 0 Å². The van der Waals surface area contributed by atoms with Gasteiger partial charge in [0.15, 0.2) is 0 Å². The van der Waals surface area contributed by atoms with Crippen LogP contribution < -0.4 is 30.6 Å². The van der Waals surface area contributed by atoms with Crippen molar-refractivity contribution in [2.45, 2.75) is 158 Å². The van der Waals surface area contributed by atoms with E-state index in [9.17, 15) is 30.6 Å². The summed E-state index contributed by atoms with van der Waals surface area (Å²) >= 11 is -0.826. The maximum atomic E-state index is 10.1. The molecular formula is C24H54Cl2O6Sn2. The molecule has 0 aromatic carbocycles. The normalized spacial score (nSPS) is 10.9. The van der Waals surface area contributed by atoms with E-state index in [1.165, 1.54) is 0 Å². The van der Waals surface area contributed by atoms with Crippen molar-refractivity contribution in [1.82, 2.24) is 0 Å². The Morgan fingerprint density at radius 1 is 0.324 bits per heavy atom. The van der Waals surface area contributed by atoms with Crippen LogP contribution in [0.2, 0.25) is 0 Å². The molecule has 208 valence electrons. The summed E-state index contributed by atoms with van der Waals surface area (Å²) in [5.74, 6) is 0. The van der Waals surface area contributed by atoms with Crippen LogP contribution in [0.1, 0.15) is 125 Å². The van der Waals surface area contributed by atoms with Gasteiger partial charge in [0, 0.05) is 0 Å². The van der Waals surface area contributed by atoms with Crippen LogP contribution in [0, 0.1) is 0 Å². The number of hydrogen-bond acceptors (Lipinski definition) is 6. The summed E-state index contributed by atoms with van der Waals surface area (Å²) in [6.45, 7) is 29.4. The van der Waals surface area contributed by atoms with Crippen molar-refractivity contribution in [1.29, 1.82) is 0 Å². The van der Waals surface area contributed by atoms with Crippen LogP contribution in [0.3, 0.4) is 0 Å². The van der Waals surface area contributed by atoms with Gasteiger partial charge >= 0.3 is 60.6 Å². The van der Waals surface area contributed by atoms with Gasteiger partial charge in [0.25, 0.3) is 0 Å². The maximum absolute atomic E-state index is 10.1. The SMILES string of the molecule is CC(C)(C)[O-].CC(C)(C)[O-].CC(C)(C)[O-].CC(C)(C)[O-].CC(C)(C)[O-].CC(C)(C)[O-].[Cl][Sn+2][Cl].[Sn+4]. The molecule has 0 amide bonds. The molecule has 0 aromatic rings. The zero-order valence-electron chi connectivity index (χ0n) is 25.2. The van der Waals surface area contributed by atoms with Crippen molar-refractivity contribution >= 4 is 60.6 Å². The van der Waals surface area contributed by atoms with Gasteiger partial charge in [-0.3, -0.25) is 0 Å². The van der Waals surface area contributed by atoms with Crippen molar-refractivity contribution < 1.29 is 30.6 Å². The third-order valence-corrected chi connectivity index (χ3v) is 0. The number of rotatable bonds is 0. The molecule has 0 N–H and O–H groups in total. The molecule has 0 radical (unpaired) electrons. The molecule has 0 saturated carbocycles. The van der Waals surface area contributed by atoms with E-state index in [2.05, 4.69) is 0 Å². The second-order valence-corrected chi connectivity index (χ2v) is 17.0. The van der Waals surface area contributed by atoms with Gasteiger partial charge in [0.1, 0.15) is 0 Å². The topological polar surface area (TPSA) is 138 Å². The second-order valence-electron chi connectivity index (χ2n) is 12.7. The molecule has 0 aromatic heterocycles. The fourth-order valence-electron chi connectivity index (χ4n) is 0. The molecule has 0 spiro atoms. The Hall–Kier alpha value is 1.94. The number of halogens is 2. The molecule has 0 unspecified atom stereocenters. The van der Waals surface area contributed by atoms with Crippen molar-refractivity contribution in [2.75, 3.05) is 0 Å². The van der Waals surface area contributed by atoms with Crippen molar-refractivity contribution in [3.05, 3.63) is 0 Å². The average molecular weight is 747 g/mol.